The van der Waals surface area contributed by atoms with Gasteiger partial charge in [0.1, 0.15) is 0 Å². The zero-order valence-corrected chi connectivity index (χ0v) is 12.4. The lowest BCUT2D eigenvalue weighted by Crippen LogP contribution is -2.22. The molecule has 2 rings (SSSR count). The maximum atomic E-state index is 12.1. The first kappa shape index (κ1) is 15.0. The molecule has 1 heterocycles. The molecular weight excluding hydrogens is 268 g/mol. The second kappa shape index (κ2) is 5.91. The van der Waals surface area contributed by atoms with Gasteiger partial charge in [0.15, 0.2) is 0 Å². The van der Waals surface area contributed by atoms with Gasteiger partial charge >= 0.3 is 0 Å². The highest BCUT2D eigenvalue weighted by atomic mass is 16.6. The summed E-state index contributed by atoms with van der Waals surface area (Å²) in [7, 11) is 0. The molecular formula is C16H18N2O3. The Morgan fingerprint density at radius 1 is 1.24 bits per heavy atom. The Kier molecular flexibility index (Phi) is 4.21. The van der Waals surface area contributed by atoms with Crippen LogP contribution in [0.5, 0.6) is 0 Å². The number of aryl methyl sites for hydroxylation is 1. The van der Waals surface area contributed by atoms with E-state index < -0.39 is 4.92 Å². The van der Waals surface area contributed by atoms with Gasteiger partial charge in [-0.3, -0.25) is 14.9 Å². The van der Waals surface area contributed by atoms with Crippen LogP contribution in [0, 0.1) is 17.0 Å². The van der Waals surface area contributed by atoms with Crippen molar-refractivity contribution < 1.29 is 4.92 Å². The van der Waals surface area contributed by atoms with E-state index in [1.807, 2.05) is 24.3 Å². The number of hydrogen-bond acceptors (Lipinski definition) is 3. The minimum atomic E-state index is -0.481. The zero-order valence-electron chi connectivity index (χ0n) is 12.4. The first-order valence-electron chi connectivity index (χ1n) is 6.83. The average Bonchev–Trinajstić information content (AvgIpc) is 2.44. The quantitative estimate of drug-likeness (QED) is 0.640. The van der Waals surface area contributed by atoms with Crippen molar-refractivity contribution in [2.24, 2.45) is 0 Å². The van der Waals surface area contributed by atoms with Crippen LogP contribution >= 0.6 is 0 Å². The predicted molar refractivity (Wildman–Crippen MR) is 81.7 cm³/mol. The van der Waals surface area contributed by atoms with E-state index in [4.69, 9.17) is 0 Å². The number of aromatic nitrogens is 1. The van der Waals surface area contributed by atoms with Crippen LogP contribution in [-0.4, -0.2) is 9.49 Å². The zero-order chi connectivity index (χ0) is 15.6. The molecule has 2 aromatic rings. The molecule has 0 spiro atoms. The molecule has 0 aliphatic carbocycles. The second-order valence-electron chi connectivity index (χ2n) is 5.47. The van der Waals surface area contributed by atoms with Crippen molar-refractivity contribution >= 4 is 5.69 Å². The highest BCUT2D eigenvalue weighted by molar-refractivity contribution is 5.31. The van der Waals surface area contributed by atoms with E-state index in [1.165, 1.54) is 22.4 Å². The van der Waals surface area contributed by atoms with Gasteiger partial charge in [0, 0.05) is 11.6 Å². The lowest BCUT2D eigenvalue weighted by molar-refractivity contribution is -0.385. The summed E-state index contributed by atoms with van der Waals surface area (Å²) in [6.07, 6.45) is 1.30. The molecule has 0 aliphatic rings. The Balaban J connectivity index is 2.34. The average molecular weight is 286 g/mol. The van der Waals surface area contributed by atoms with Crippen molar-refractivity contribution in [3.63, 3.8) is 0 Å². The molecule has 0 saturated carbocycles. The molecule has 0 radical (unpaired) electrons. The molecule has 1 aromatic heterocycles. The van der Waals surface area contributed by atoms with Gasteiger partial charge in [0.05, 0.1) is 17.7 Å². The van der Waals surface area contributed by atoms with Gasteiger partial charge in [-0.2, -0.15) is 0 Å². The van der Waals surface area contributed by atoms with Gasteiger partial charge in [-0.25, -0.2) is 0 Å². The Bertz CT molecular complexity index is 715. The van der Waals surface area contributed by atoms with E-state index in [-0.39, 0.29) is 11.2 Å². The molecule has 0 N–H and O–H groups in total. The van der Waals surface area contributed by atoms with Crippen molar-refractivity contribution in [2.75, 3.05) is 0 Å². The van der Waals surface area contributed by atoms with Gasteiger partial charge in [0.2, 0.25) is 0 Å². The fraction of sp³-hybridized carbons (Fsp3) is 0.312. The van der Waals surface area contributed by atoms with Crippen LogP contribution in [0.15, 0.2) is 41.3 Å². The van der Waals surface area contributed by atoms with Crippen LogP contribution in [-0.2, 0) is 6.54 Å². The van der Waals surface area contributed by atoms with Crippen molar-refractivity contribution in [1.82, 2.24) is 4.57 Å². The summed E-state index contributed by atoms with van der Waals surface area (Å²) >= 11 is 0. The Labute approximate surface area is 123 Å². The number of pyridine rings is 1. The molecule has 5 nitrogen and oxygen atoms in total. The van der Waals surface area contributed by atoms with Crippen LogP contribution in [0.3, 0.4) is 0 Å². The van der Waals surface area contributed by atoms with Crippen molar-refractivity contribution in [3.8, 4) is 0 Å². The first-order valence-corrected chi connectivity index (χ1v) is 6.83. The smallest absolute Gasteiger partial charge is 0.286 e. The SMILES string of the molecule is Cc1cc([N+](=O)[O-])cn(Cc2ccc(C(C)C)cc2)c1=O. The molecule has 0 amide bonds. The van der Waals surface area contributed by atoms with E-state index in [0.29, 0.717) is 18.0 Å². The van der Waals surface area contributed by atoms with E-state index >= 15 is 0 Å². The normalized spacial score (nSPS) is 10.9. The predicted octanol–water partition coefficient (Wildman–Crippen LogP) is 3.24. The molecule has 0 bridgehead atoms. The molecule has 110 valence electrons. The van der Waals surface area contributed by atoms with Gasteiger partial charge in [-0.05, 0) is 24.0 Å². The van der Waals surface area contributed by atoms with Gasteiger partial charge < -0.3 is 4.57 Å². The van der Waals surface area contributed by atoms with Crippen molar-refractivity contribution in [3.05, 3.63) is 73.7 Å². The summed E-state index contributed by atoms with van der Waals surface area (Å²) in [6, 6.07) is 9.26. The van der Waals surface area contributed by atoms with Gasteiger partial charge in [0.25, 0.3) is 11.2 Å². The lowest BCUT2D eigenvalue weighted by atomic mass is 10.0. The summed E-state index contributed by atoms with van der Waals surface area (Å²) in [5, 5.41) is 10.9. The third kappa shape index (κ3) is 3.37. The Hall–Kier alpha value is -2.43. The third-order valence-electron chi connectivity index (χ3n) is 3.46. The third-order valence-corrected chi connectivity index (χ3v) is 3.46. The fourth-order valence-electron chi connectivity index (χ4n) is 2.19. The summed E-state index contributed by atoms with van der Waals surface area (Å²) in [5.41, 5.74) is 2.28. The molecule has 5 heteroatoms. The Morgan fingerprint density at radius 3 is 2.38 bits per heavy atom. The van der Waals surface area contributed by atoms with E-state index in [9.17, 15) is 14.9 Å². The van der Waals surface area contributed by atoms with E-state index in [2.05, 4.69) is 13.8 Å². The number of benzene rings is 1. The molecule has 0 aliphatic heterocycles. The van der Waals surface area contributed by atoms with Crippen molar-refractivity contribution in [1.29, 1.82) is 0 Å². The van der Waals surface area contributed by atoms with Crippen LogP contribution in [0.4, 0.5) is 5.69 Å². The number of nitrogens with zero attached hydrogens (tertiary/aromatic N) is 2. The van der Waals surface area contributed by atoms with E-state index in [1.54, 1.807) is 6.92 Å². The number of rotatable bonds is 4. The molecule has 0 saturated heterocycles. The van der Waals surface area contributed by atoms with E-state index in [0.717, 1.165) is 5.56 Å². The fourth-order valence-corrected chi connectivity index (χ4v) is 2.19. The van der Waals surface area contributed by atoms with Gasteiger partial charge in [-0.15, -0.1) is 0 Å². The minimum absolute atomic E-state index is 0.0640. The Morgan fingerprint density at radius 2 is 1.86 bits per heavy atom. The summed E-state index contributed by atoms with van der Waals surface area (Å²) in [4.78, 5) is 22.5. The molecule has 0 atom stereocenters. The highest BCUT2D eigenvalue weighted by Gasteiger charge is 2.11. The summed E-state index contributed by atoms with van der Waals surface area (Å²) < 4.78 is 1.39. The van der Waals surface area contributed by atoms with Crippen LogP contribution in [0.25, 0.3) is 0 Å². The number of hydrogen-bond donors (Lipinski definition) is 0. The first-order chi connectivity index (χ1) is 9.88. The maximum absolute atomic E-state index is 12.1. The van der Waals surface area contributed by atoms with Gasteiger partial charge in [-0.1, -0.05) is 38.1 Å². The minimum Gasteiger partial charge on any atom is -0.304 e. The highest BCUT2D eigenvalue weighted by Crippen LogP contribution is 2.16. The van der Waals surface area contributed by atoms with Crippen molar-refractivity contribution in [2.45, 2.75) is 33.2 Å². The number of nitro groups is 1. The standard InChI is InChI=1S/C16H18N2O3/c1-11(2)14-6-4-13(5-7-14)9-17-10-15(18(20)21)8-12(3)16(17)19/h4-8,10-11H,9H2,1-3H3. The summed E-state index contributed by atoms with van der Waals surface area (Å²) in [5.74, 6) is 0.446. The molecule has 1 aromatic carbocycles. The van der Waals surface area contributed by atoms with Crippen LogP contribution in [0.1, 0.15) is 36.5 Å². The van der Waals surface area contributed by atoms with Crippen LogP contribution < -0.4 is 5.56 Å². The maximum Gasteiger partial charge on any atom is 0.286 e. The molecule has 0 fully saturated rings. The molecule has 0 unspecified atom stereocenters. The van der Waals surface area contributed by atoms with Crippen LogP contribution in [0.2, 0.25) is 0 Å². The topological polar surface area (TPSA) is 65.1 Å². The summed E-state index contributed by atoms with van der Waals surface area (Å²) in [6.45, 7) is 6.15. The largest absolute Gasteiger partial charge is 0.304 e. The lowest BCUT2D eigenvalue weighted by Gasteiger charge is -2.09. The monoisotopic (exact) mass is 286 g/mol. The second-order valence-corrected chi connectivity index (χ2v) is 5.47. The molecule has 21 heavy (non-hydrogen) atoms.